The van der Waals surface area contributed by atoms with Crippen LogP contribution < -0.4 is 10.6 Å². The van der Waals surface area contributed by atoms with Crippen molar-refractivity contribution in [1.29, 1.82) is 0 Å². The summed E-state index contributed by atoms with van der Waals surface area (Å²) in [6.07, 6.45) is 0. The van der Waals surface area contributed by atoms with Crippen molar-refractivity contribution >= 4 is 39.3 Å². The molecule has 0 aliphatic carbocycles. The third-order valence-electron chi connectivity index (χ3n) is 2.82. The highest BCUT2D eigenvalue weighted by atomic mass is 79.9. The number of benzene rings is 1. The summed E-state index contributed by atoms with van der Waals surface area (Å²) in [7, 11) is 0. The molecule has 7 nitrogen and oxygen atoms in total. The highest BCUT2D eigenvalue weighted by Crippen LogP contribution is 2.22. The maximum absolute atomic E-state index is 11.9. The molecule has 8 heteroatoms. The van der Waals surface area contributed by atoms with Gasteiger partial charge < -0.3 is 15.7 Å². The number of H-pyrrole nitrogens is 1. The number of nitrogens with zero attached hydrogens (tertiary/aromatic N) is 1. The predicted molar refractivity (Wildman–Crippen MR) is 81.8 cm³/mol. The Morgan fingerprint density at radius 1 is 1.29 bits per heavy atom. The highest BCUT2D eigenvalue weighted by molar-refractivity contribution is 9.10. The SMILES string of the molecule is Cc1n[nH]c(C)c1NC(=O)Nc1ccc(Br)c(C(=O)O)c1. The van der Waals surface area contributed by atoms with Crippen LogP contribution in [0.15, 0.2) is 22.7 Å². The van der Waals surface area contributed by atoms with Crippen LogP contribution in [0.2, 0.25) is 0 Å². The van der Waals surface area contributed by atoms with E-state index >= 15 is 0 Å². The van der Waals surface area contributed by atoms with Crippen molar-refractivity contribution in [2.45, 2.75) is 13.8 Å². The summed E-state index contributed by atoms with van der Waals surface area (Å²) in [5.74, 6) is -1.08. The normalized spacial score (nSPS) is 10.2. The standard InChI is InChI=1S/C13H13BrN4O3/c1-6-11(7(2)18-17-6)16-13(21)15-8-3-4-10(14)9(5-8)12(19)20/h3-5H,1-2H3,(H,17,18)(H,19,20)(H2,15,16,21). The lowest BCUT2D eigenvalue weighted by molar-refractivity contribution is 0.0696. The van der Waals surface area contributed by atoms with E-state index in [-0.39, 0.29) is 5.56 Å². The number of anilines is 2. The number of nitrogens with one attached hydrogen (secondary N) is 3. The molecule has 4 N–H and O–H groups in total. The molecule has 0 spiro atoms. The molecule has 0 saturated heterocycles. The fraction of sp³-hybridized carbons (Fsp3) is 0.154. The third-order valence-corrected chi connectivity index (χ3v) is 3.51. The first-order valence-electron chi connectivity index (χ1n) is 6.01. The average molecular weight is 353 g/mol. The Labute approximate surface area is 128 Å². The molecule has 2 rings (SSSR count). The van der Waals surface area contributed by atoms with Crippen molar-refractivity contribution in [2.75, 3.05) is 10.6 Å². The minimum absolute atomic E-state index is 0.0727. The Kier molecular flexibility index (Phi) is 4.27. The van der Waals surface area contributed by atoms with Crippen molar-refractivity contribution in [3.63, 3.8) is 0 Å². The molecule has 21 heavy (non-hydrogen) atoms. The number of rotatable bonds is 3. The molecule has 0 saturated carbocycles. The number of aryl methyl sites for hydroxylation is 2. The number of aromatic amines is 1. The number of hydrogen-bond acceptors (Lipinski definition) is 3. The highest BCUT2D eigenvalue weighted by Gasteiger charge is 2.12. The summed E-state index contributed by atoms with van der Waals surface area (Å²) in [5.41, 5.74) is 2.47. The van der Waals surface area contributed by atoms with Gasteiger partial charge in [0.2, 0.25) is 0 Å². The van der Waals surface area contributed by atoms with Crippen molar-refractivity contribution < 1.29 is 14.7 Å². The average Bonchev–Trinajstić information content (AvgIpc) is 2.72. The number of amides is 2. The Balaban J connectivity index is 2.13. The van der Waals surface area contributed by atoms with Crippen LogP contribution in [0.3, 0.4) is 0 Å². The molecule has 0 aliphatic heterocycles. The van der Waals surface area contributed by atoms with E-state index < -0.39 is 12.0 Å². The fourth-order valence-electron chi connectivity index (χ4n) is 1.78. The predicted octanol–water partition coefficient (Wildman–Crippen LogP) is 3.13. The van der Waals surface area contributed by atoms with Crippen molar-refractivity contribution in [1.82, 2.24) is 10.2 Å². The molecule has 110 valence electrons. The molecule has 1 heterocycles. The maximum Gasteiger partial charge on any atom is 0.336 e. The Morgan fingerprint density at radius 2 is 2.00 bits per heavy atom. The van der Waals surface area contributed by atoms with Gasteiger partial charge in [0, 0.05) is 10.2 Å². The zero-order valence-corrected chi connectivity index (χ0v) is 12.9. The third kappa shape index (κ3) is 3.40. The number of aromatic carboxylic acids is 1. The number of carbonyl (C=O) groups excluding carboxylic acids is 1. The van der Waals surface area contributed by atoms with Crippen LogP contribution in [-0.2, 0) is 0 Å². The van der Waals surface area contributed by atoms with Gasteiger partial charge in [-0.25, -0.2) is 9.59 Å². The van der Waals surface area contributed by atoms with Crippen LogP contribution in [0.4, 0.5) is 16.2 Å². The second kappa shape index (κ2) is 5.96. The van der Waals surface area contributed by atoms with E-state index in [1.807, 2.05) is 0 Å². The molecule has 0 aliphatic rings. The van der Waals surface area contributed by atoms with Crippen LogP contribution in [0, 0.1) is 13.8 Å². The first-order chi connectivity index (χ1) is 9.88. The minimum atomic E-state index is -1.08. The number of urea groups is 1. The number of hydrogen-bond donors (Lipinski definition) is 4. The van der Waals surface area contributed by atoms with Gasteiger partial charge in [0.05, 0.1) is 22.6 Å². The monoisotopic (exact) mass is 352 g/mol. The van der Waals surface area contributed by atoms with E-state index in [1.165, 1.54) is 6.07 Å². The van der Waals surface area contributed by atoms with Crippen LogP contribution >= 0.6 is 15.9 Å². The van der Waals surface area contributed by atoms with Crippen LogP contribution in [-0.4, -0.2) is 27.3 Å². The molecule has 2 aromatic rings. The molecular formula is C13H13BrN4O3. The van der Waals surface area contributed by atoms with Gasteiger partial charge in [-0.3, -0.25) is 5.10 Å². The number of aromatic nitrogens is 2. The van der Waals surface area contributed by atoms with Crippen molar-refractivity contribution in [3.05, 3.63) is 39.6 Å². The topological polar surface area (TPSA) is 107 Å². The second-order valence-corrected chi connectivity index (χ2v) is 5.24. The zero-order chi connectivity index (χ0) is 15.6. The summed E-state index contributed by atoms with van der Waals surface area (Å²) >= 11 is 3.14. The quantitative estimate of drug-likeness (QED) is 0.680. The molecule has 0 unspecified atom stereocenters. The number of carbonyl (C=O) groups is 2. The summed E-state index contributed by atoms with van der Waals surface area (Å²) in [6, 6.07) is 4.07. The molecular weight excluding hydrogens is 340 g/mol. The Bertz CT molecular complexity index is 692. The summed E-state index contributed by atoms with van der Waals surface area (Å²) in [6.45, 7) is 3.55. The smallest absolute Gasteiger partial charge is 0.336 e. The molecule has 0 fully saturated rings. The van der Waals surface area contributed by atoms with Gasteiger partial charge in [0.25, 0.3) is 0 Å². The van der Waals surface area contributed by atoms with Gasteiger partial charge in [-0.05, 0) is 48.0 Å². The lowest BCUT2D eigenvalue weighted by atomic mass is 10.2. The van der Waals surface area contributed by atoms with Crippen molar-refractivity contribution in [3.8, 4) is 0 Å². The summed E-state index contributed by atoms with van der Waals surface area (Å²) in [4.78, 5) is 23.0. The molecule has 1 aromatic heterocycles. The van der Waals surface area contributed by atoms with Gasteiger partial charge in [-0.15, -0.1) is 0 Å². The van der Waals surface area contributed by atoms with Gasteiger partial charge in [-0.1, -0.05) is 0 Å². The van der Waals surface area contributed by atoms with Gasteiger partial charge in [0.1, 0.15) is 0 Å². The maximum atomic E-state index is 11.9. The lowest BCUT2D eigenvalue weighted by Gasteiger charge is -2.09. The van der Waals surface area contributed by atoms with Gasteiger partial charge >= 0.3 is 12.0 Å². The van der Waals surface area contributed by atoms with E-state index in [9.17, 15) is 9.59 Å². The van der Waals surface area contributed by atoms with E-state index in [2.05, 4.69) is 36.8 Å². The van der Waals surface area contributed by atoms with Crippen LogP contribution in [0.5, 0.6) is 0 Å². The van der Waals surface area contributed by atoms with E-state index in [0.717, 1.165) is 5.69 Å². The molecule has 2 amide bonds. The van der Waals surface area contributed by atoms with E-state index in [1.54, 1.807) is 26.0 Å². The zero-order valence-electron chi connectivity index (χ0n) is 11.3. The molecule has 1 aromatic carbocycles. The van der Waals surface area contributed by atoms with Gasteiger partial charge in [-0.2, -0.15) is 5.10 Å². The minimum Gasteiger partial charge on any atom is -0.478 e. The first-order valence-corrected chi connectivity index (χ1v) is 6.80. The number of carboxylic acid groups (broad SMARTS) is 1. The molecule has 0 atom stereocenters. The summed E-state index contributed by atoms with van der Waals surface area (Å²) < 4.78 is 0.447. The van der Waals surface area contributed by atoms with Gasteiger partial charge in [0.15, 0.2) is 0 Å². The largest absolute Gasteiger partial charge is 0.478 e. The van der Waals surface area contributed by atoms with E-state index in [0.29, 0.717) is 21.5 Å². The molecule has 0 radical (unpaired) electrons. The van der Waals surface area contributed by atoms with Crippen molar-refractivity contribution in [2.24, 2.45) is 0 Å². The van der Waals surface area contributed by atoms with E-state index in [4.69, 9.17) is 5.11 Å². The number of halogens is 1. The lowest BCUT2D eigenvalue weighted by Crippen LogP contribution is -2.20. The fourth-order valence-corrected chi connectivity index (χ4v) is 2.19. The van der Waals surface area contributed by atoms with Crippen LogP contribution in [0.25, 0.3) is 0 Å². The molecule has 0 bridgehead atoms. The Hall–Kier alpha value is -2.35. The second-order valence-electron chi connectivity index (χ2n) is 4.39. The number of carboxylic acids is 1. The Morgan fingerprint density at radius 3 is 2.57 bits per heavy atom. The first kappa shape index (κ1) is 15.0. The van der Waals surface area contributed by atoms with Crippen LogP contribution in [0.1, 0.15) is 21.7 Å². The summed E-state index contributed by atoms with van der Waals surface area (Å²) in [5, 5.41) is 21.0.